The molecule has 4 rings (SSSR count). The van der Waals surface area contributed by atoms with Gasteiger partial charge in [0.25, 0.3) is 0 Å². The first kappa shape index (κ1) is 19.9. The Labute approximate surface area is 177 Å². The number of ether oxygens (including phenoxy) is 1. The summed E-state index contributed by atoms with van der Waals surface area (Å²) in [5, 5.41) is 3.94. The number of rotatable bonds is 6. The summed E-state index contributed by atoms with van der Waals surface area (Å²) in [6.07, 6.45) is 12.6. The van der Waals surface area contributed by atoms with Crippen LogP contribution in [-0.4, -0.2) is 38.7 Å². The van der Waals surface area contributed by atoms with Crippen molar-refractivity contribution in [1.29, 1.82) is 0 Å². The van der Waals surface area contributed by atoms with Gasteiger partial charge in [0.05, 0.1) is 24.4 Å². The maximum atomic E-state index is 12.2. The molecule has 2 fully saturated rings. The number of esters is 1. The molecule has 0 aromatic carbocycles. The maximum Gasteiger partial charge on any atom is 0.325 e. The molecule has 3 heterocycles. The Bertz CT molecular complexity index is 848. The number of nitrogens with zero attached hydrogens (tertiary/aromatic N) is 3. The van der Waals surface area contributed by atoms with Gasteiger partial charge < -0.3 is 19.5 Å². The van der Waals surface area contributed by atoms with E-state index in [0.717, 1.165) is 11.3 Å². The minimum absolute atomic E-state index is 0.105. The number of thiocarbonyl (C=S) groups is 1. The van der Waals surface area contributed by atoms with Crippen LogP contribution in [0, 0.1) is 0 Å². The molecule has 0 amide bonds. The van der Waals surface area contributed by atoms with Crippen molar-refractivity contribution in [2.75, 3.05) is 13.2 Å². The third kappa shape index (κ3) is 4.29. The molecular formula is C22H28N4O2S. The number of nitrogens with one attached hydrogen (secondary N) is 1. The number of hydrogen-bond acceptors (Lipinski definition) is 4. The smallest absolute Gasteiger partial charge is 0.325 e. The van der Waals surface area contributed by atoms with Gasteiger partial charge in [0, 0.05) is 24.6 Å². The summed E-state index contributed by atoms with van der Waals surface area (Å²) in [4.78, 5) is 18.7. The van der Waals surface area contributed by atoms with Gasteiger partial charge in [-0.3, -0.25) is 9.78 Å². The Morgan fingerprint density at radius 3 is 2.83 bits per heavy atom. The van der Waals surface area contributed by atoms with Crippen LogP contribution in [-0.2, 0) is 9.53 Å². The highest BCUT2D eigenvalue weighted by Gasteiger charge is 2.41. The molecule has 2 aromatic rings. The second-order valence-corrected chi connectivity index (χ2v) is 8.13. The molecule has 0 unspecified atom stereocenters. The van der Waals surface area contributed by atoms with Gasteiger partial charge in [0.15, 0.2) is 5.11 Å². The van der Waals surface area contributed by atoms with Gasteiger partial charge in [-0.1, -0.05) is 25.3 Å². The number of carbonyl (C=O) groups excluding carboxylic acids is 1. The van der Waals surface area contributed by atoms with Gasteiger partial charge in [0.1, 0.15) is 6.54 Å². The van der Waals surface area contributed by atoms with Crippen molar-refractivity contribution < 1.29 is 9.53 Å². The molecule has 6 nitrogen and oxygen atoms in total. The average molecular weight is 413 g/mol. The number of carbonyl (C=O) groups is 1. The third-order valence-corrected chi connectivity index (χ3v) is 6.23. The van der Waals surface area contributed by atoms with E-state index in [4.69, 9.17) is 17.0 Å². The Hall–Kier alpha value is -2.41. The summed E-state index contributed by atoms with van der Waals surface area (Å²) in [5.41, 5.74) is 2.06. The summed E-state index contributed by atoms with van der Waals surface area (Å²) >= 11 is 5.60. The molecule has 1 saturated heterocycles. The predicted octanol–water partition coefficient (Wildman–Crippen LogP) is 3.92. The number of aromatic nitrogens is 2. The van der Waals surface area contributed by atoms with Gasteiger partial charge in [-0.25, -0.2) is 0 Å². The lowest BCUT2D eigenvalue weighted by molar-refractivity contribution is -0.143. The molecule has 2 atom stereocenters. The lowest BCUT2D eigenvalue weighted by Gasteiger charge is -2.27. The fourth-order valence-electron chi connectivity index (χ4n) is 4.50. The maximum absolute atomic E-state index is 12.2. The highest BCUT2D eigenvalue weighted by molar-refractivity contribution is 7.80. The molecule has 1 saturated carbocycles. The van der Waals surface area contributed by atoms with E-state index in [1.807, 2.05) is 30.0 Å². The summed E-state index contributed by atoms with van der Waals surface area (Å²) in [7, 11) is 0. The first-order valence-corrected chi connectivity index (χ1v) is 10.9. The van der Waals surface area contributed by atoms with Gasteiger partial charge in [-0.05, 0) is 55.7 Å². The fraction of sp³-hybridized carbons (Fsp3) is 0.500. The van der Waals surface area contributed by atoms with E-state index in [9.17, 15) is 4.79 Å². The van der Waals surface area contributed by atoms with Crippen LogP contribution < -0.4 is 5.32 Å². The van der Waals surface area contributed by atoms with E-state index in [0.29, 0.717) is 17.8 Å². The molecule has 1 N–H and O–H groups in total. The van der Waals surface area contributed by atoms with Crippen molar-refractivity contribution in [1.82, 2.24) is 19.8 Å². The van der Waals surface area contributed by atoms with Crippen molar-refractivity contribution in [2.24, 2.45) is 0 Å². The zero-order chi connectivity index (χ0) is 20.2. The van der Waals surface area contributed by atoms with Crippen molar-refractivity contribution in [2.45, 2.75) is 57.2 Å². The minimum atomic E-state index is -0.268. The Morgan fingerprint density at radius 1 is 1.28 bits per heavy atom. The fourth-order valence-corrected chi connectivity index (χ4v) is 4.80. The van der Waals surface area contributed by atoms with E-state index < -0.39 is 0 Å². The van der Waals surface area contributed by atoms with Crippen LogP contribution in [0.2, 0.25) is 0 Å². The van der Waals surface area contributed by atoms with E-state index in [1.54, 1.807) is 6.20 Å². The van der Waals surface area contributed by atoms with Gasteiger partial charge in [-0.2, -0.15) is 0 Å². The Morgan fingerprint density at radius 2 is 2.10 bits per heavy atom. The number of hydrogen-bond donors (Lipinski definition) is 1. The average Bonchev–Trinajstić information content (AvgIpc) is 3.35. The zero-order valence-electron chi connectivity index (χ0n) is 16.8. The minimum Gasteiger partial charge on any atom is -0.465 e. The van der Waals surface area contributed by atoms with Crippen molar-refractivity contribution in [3.05, 3.63) is 54.1 Å². The van der Waals surface area contributed by atoms with Crippen LogP contribution in [0.1, 0.15) is 68.4 Å². The van der Waals surface area contributed by atoms with Crippen LogP contribution >= 0.6 is 12.2 Å². The van der Waals surface area contributed by atoms with Crippen LogP contribution in [0.15, 0.2) is 42.9 Å². The molecule has 154 valence electrons. The largest absolute Gasteiger partial charge is 0.465 e. The Balaban J connectivity index is 1.64. The van der Waals surface area contributed by atoms with E-state index in [-0.39, 0.29) is 24.6 Å². The molecule has 0 radical (unpaired) electrons. The van der Waals surface area contributed by atoms with E-state index in [2.05, 4.69) is 33.3 Å². The zero-order valence-corrected chi connectivity index (χ0v) is 17.6. The molecule has 1 aliphatic carbocycles. The first-order valence-electron chi connectivity index (χ1n) is 10.5. The van der Waals surface area contributed by atoms with Gasteiger partial charge >= 0.3 is 5.97 Å². The molecule has 2 aliphatic rings. The normalized spacial score (nSPS) is 22.5. The molecule has 0 spiro atoms. The van der Waals surface area contributed by atoms with Crippen LogP contribution in [0.4, 0.5) is 0 Å². The summed E-state index contributed by atoms with van der Waals surface area (Å²) in [6.45, 7) is 2.30. The second kappa shape index (κ2) is 8.95. The summed E-state index contributed by atoms with van der Waals surface area (Å²) in [5.74, 6) is -0.268. The standard InChI is InChI=1S/C22H28N4O2S/c1-2-28-19(27)15-26-21(20(24-22(26)29)18-10-6-7-12-23-18)16-11-13-25(14-16)17-8-4-3-5-9-17/h6-7,10-14,17,20-21H,2-5,8-9,15H2,1H3,(H,24,29)/t20-,21+/m1/s1. The molecule has 1 aliphatic heterocycles. The van der Waals surface area contributed by atoms with Crippen LogP contribution in [0.25, 0.3) is 0 Å². The van der Waals surface area contributed by atoms with Crippen molar-refractivity contribution >= 4 is 23.3 Å². The first-order chi connectivity index (χ1) is 14.2. The topological polar surface area (TPSA) is 59.4 Å². The quantitative estimate of drug-likeness (QED) is 0.573. The summed E-state index contributed by atoms with van der Waals surface area (Å²) < 4.78 is 7.53. The molecule has 7 heteroatoms. The van der Waals surface area contributed by atoms with Crippen LogP contribution in [0.5, 0.6) is 0 Å². The monoisotopic (exact) mass is 412 g/mol. The van der Waals surface area contributed by atoms with Crippen molar-refractivity contribution in [3.8, 4) is 0 Å². The second-order valence-electron chi connectivity index (χ2n) is 7.74. The molecule has 29 heavy (non-hydrogen) atoms. The highest BCUT2D eigenvalue weighted by Crippen LogP contribution is 2.39. The third-order valence-electron chi connectivity index (χ3n) is 5.88. The lowest BCUT2D eigenvalue weighted by Crippen LogP contribution is -2.35. The highest BCUT2D eigenvalue weighted by atomic mass is 32.1. The molecule has 2 aromatic heterocycles. The van der Waals surface area contributed by atoms with Gasteiger partial charge in [-0.15, -0.1) is 0 Å². The predicted molar refractivity (Wildman–Crippen MR) is 115 cm³/mol. The van der Waals surface area contributed by atoms with Crippen LogP contribution in [0.3, 0.4) is 0 Å². The van der Waals surface area contributed by atoms with Gasteiger partial charge in [0.2, 0.25) is 0 Å². The number of pyridine rings is 1. The Kier molecular flexibility index (Phi) is 6.13. The van der Waals surface area contributed by atoms with Crippen molar-refractivity contribution in [3.63, 3.8) is 0 Å². The summed E-state index contributed by atoms with van der Waals surface area (Å²) in [6, 6.07) is 8.38. The van der Waals surface area contributed by atoms with E-state index in [1.165, 1.54) is 32.1 Å². The van der Waals surface area contributed by atoms with E-state index >= 15 is 0 Å². The lowest BCUT2D eigenvalue weighted by atomic mass is 9.95. The molecule has 0 bridgehead atoms. The SMILES string of the molecule is CCOC(=O)CN1C(=S)N[C@H](c2ccccn2)[C@@H]1c1ccn(C2CCCCC2)c1. The molecular weight excluding hydrogens is 384 g/mol.